The highest BCUT2D eigenvalue weighted by molar-refractivity contribution is 5.79. The van der Waals surface area contributed by atoms with Gasteiger partial charge >= 0.3 is 0 Å². The van der Waals surface area contributed by atoms with E-state index < -0.39 is 0 Å². The summed E-state index contributed by atoms with van der Waals surface area (Å²) in [5.41, 5.74) is -0.190. The SMILES string of the molecule is CC(=O)CCN1CCC(=O)N1C(C)(C)C. The van der Waals surface area contributed by atoms with Gasteiger partial charge in [-0.3, -0.25) is 14.6 Å². The molecule has 0 aromatic rings. The minimum Gasteiger partial charge on any atom is -0.300 e. The Bertz CT molecular complexity index is 268. The highest BCUT2D eigenvalue weighted by Crippen LogP contribution is 2.23. The lowest BCUT2D eigenvalue weighted by Gasteiger charge is -2.38. The molecule has 0 radical (unpaired) electrons. The number of hydrazine groups is 1. The second kappa shape index (κ2) is 4.31. The van der Waals surface area contributed by atoms with Crippen molar-refractivity contribution >= 4 is 11.7 Å². The van der Waals surface area contributed by atoms with Crippen LogP contribution in [0.2, 0.25) is 0 Å². The van der Waals surface area contributed by atoms with Gasteiger partial charge in [-0.05, 0) is 27.7 Å². The molecule has 0 aliphatic carbocycles. The first kappa shape index (κ1) is 12.2. The standard InChI is InChI=1S/C11H20N2O2/c1-9(14)5-7-12-8-6-10(15)13(12)11(2,3)4/h5-8H2,1-4H3. The zero-order valence-electron chi connectivity index (χ0n) is 10.0. The summed E-state index contributed by atoms with van der Waals surface area (Å²) in [7, 11) is 0. The molecule has 0 aromatic carbocycles. The third-order valence-corrected chi connectivity index (χ3v) is 2.46. The summed E-state index contributed by atoms with van der Waals surface area (Å²) in [6, 6.07) is 0. The predicted octanol–water partition coefficient (Wildman–Crippen LogP) is 1.21. The highest BCUT2D eigenvalue weighted by atomic mass is 16.2. The van der Waals surface area contributed by atoms with Crippen LogP contribution in [0, 0.1) is 0 Å². The quantitative estimate of drug-likeness (QED) is 0.706. The summed E-state index contributed by atoms with van der Waals surface area (Å²) in [4.78, 5) is 22.6. The van der Waals surface area contributed by atoms with E-state index in [1.807, 2.05) is 25.8 Å². The van der Waals surface area contributed by atoms with Crippen LogP contribution in [-0.4, -0.2) is 40.3 Å². The van der Waals surface area contributed by atoms with Crippen LogP contribution in [0.3, 0.4) is 0 Å². The topological polar surface area (TPSA) is 40.6 Å². The molecule has 1 saturated heterocycles. The molecule has 1 rings (SSSR count). The Balaban J connectivity index is 2.64. The molecule has 4 heteroatoms. The zero-order chi connectivity index (χ0) is 11.6. The molecule has 86 valence electrons. The molecule has 0 atom stereocenters. The monoisotopic (exact) mass is 212 g/mol. The summed E-state index contributed by atoms with van der Waals surface area (Å²) in [5, 5.41) is 3.78. The van der Waals surface area contributed by atoms with Gasteiger partial charge < -0.3 is 0 Å². The first-order chi connectivity index (χ1) is 6.82. The molecule has 0 N–H and O–H groups in total. The fourth-order valence-electron chi connectivity index (χ4n) is 1.89. The summed E-state index contributed by atoms with van der Waals surface area (Å²) < 4.78 is 0. The Morgan fingerprint density at radius 2 is 2.00 bits per heavy atom. The lowest BCUT2D eigenvalue weighted by Crippen LogP contribution is -2.51. The highest BCUT2D eigenvalue weighted by Gasteiger charge is 2.36. The van der Waals surface area contributed by atoms with Gasteiger partial charge in [-0.15, -0.1) is 0 Å². The average Bonchev–Trinajstić information content (AvgIpc) is 2.42. The summed E-state index contributed by atoms with van der Waals surface area (Å²) in [5.74, 6) is 0.328. The van der Waals surface area contributed by atoms with E-state index in [1.54, 1.807) is 11.9 Å². The Labute approximate surface area is 91.2 Å². The molecule has 1 aliphatic rings. The molecular formula is C11H20N2O2. The molecule has 15 heavy (non-hydrogen) atoms. The number of carbonyl (C=O) groups is 2. The number of Topliss-reactive ketones (excluding diaryl/α,β-unsaturated/α-hetero) is 1. The van der Waals surface area contributed by atoms with Crippen molar-refractivity contribution in [2.45, 2.75) is 46.1 Å². The molecule has 0 saturated carbocycles. The molecule has 0 unspecified atom stereocenters. The van der Waals surface area contributed by atoms with Gasteiger partial charge in [0, 0.05) is 25.9 Å². The third-order valence-electron chi connectivity index (χ3n) is 2.46. The van der Waals surface area contributed by atoms with Crippen LogP contribution >= 0.6 is 0 Å². The van der Waals surface area contributed by atoms with Crippen molar-refractivity contribution in [2.24, 2.45) is 0 Å². The zero-order valence-corrected chi connectivity index (χ0v) is 10.0. The Morgan fingerprint density at radius 3 is 2.47 bits per heavy atom. The first-order valence-electron chi connectivity index (χ1n) is 5.40. The van der Waals surface area contributed by atoms with E-state index in [0.717, 1.165) is 6.54 Å². The van der Waals surface area contributed by atoms with E-state index >= 15 is 0 Å². The maximum Gasteiger partial charge on any atom is 0.238 e. The number of rotatable bonds is 3. The van der Waals surface area contributed by atoms with E-state index in [-0.39, 0.29) is 17.2 Å². The predicted molar refractivity (Wildman–Crippen MR) is 58.1 cm³/mol. The molecule has 1 fully saturated rings. The molecule has 1 amide bonds. The lowest BCUT2D eigenvalue weighted by atomic mass is 10.1. The largest absolute Gasteiger partial charge is 0.300 e. The van der Waals surface area contributed by atoms with Gasteiger partial charge in [-0.1, -0.05) is 0 Å². The van der Waals surface area contributed by atoms with Crippen molar-refractivity contribution < 1.29 is 9.59 Å². The lowest BCUT2D eigenvalue weighted by molar-refractivity contribution is -0.149. The van der Waals surface area contributed by atoms with Crippen LogP contribution in [0.15, 0.2) is 0 Å². The van der Waals surface area contributed by atoms with E-state index in [9.17, 15) is 9.59 Å². The summed E-state index contributed by atoms with van der Waals surface area (Å²) in [6.45, 7) is 9.01. The number of carbonyl (C=O) groups excluding carboxylic acids is 2. The summed E-state index contributed by atoms with van der Waals surface area (Å²) in [6.07, 6.45) is 1.08. The maximum absolute atomic E-state index is 11.7. The second-order valence-corrected chi connectivity index (χ2v) is 5.03. The third kappa shape index (κ3) is 3.02. The number of hydrogen-bond donors (Lipinski definition) is 0. The average molecular weight is 212 g/mol. The number of amides is 1. The molecular weight excluding hydrogens is 192 g/mol. The van der Waals surface area contributed by atoms with E-state index in [1.165, 1.54) is 0 Å². The van der Waals surface area contributed by atoms with Gasteiger partial charge in [0.1, 0.15) is 5.78 Å². The Morgan fingerprint density at radius 1 is 1.40 bits per heavy atom. The van der Waals surface area contributed by atoms with Crippen molar-refractivity contribution in [1.82, 2.24) is 10.0 Å². The van der Waals surface area contributed by atoms with E-state index in [4.69, 9.17) is 0 Å². The van der Waals surface area contributed by atoms with Crippen molar-refractivity contribution in [3.05, 3.63) is 0 Å². The number of ketones is 1. The smallest absolute Gasteiger partial charge is 0.238 e. The molecule has 1 aliphatic heterocycles. The normalized spacial score (nSPS) is 18.7. The van der Waals surface area contributed by atoms with Crippen LogP contribution in [0.25, 0.3) is 0 Å². The fourth-order valence-corrected chi connectivity index (χ4v) is 1.89. The van der Waals surface area contributed by atoms with Crippen LogP contribution < -0.4 is 0 Å². The van der Waals surface area contributed by atoms with Crippen LogP contribution in [0.5, 0.6) is 0 Å². The van der Waals surface area contributed by atoms with Crippen molar-refractivity contribution in [2.75, 3.05) is 13.1 Å². The minimum absolute atomic E-state index is 0.158. The summed E-state index contributed by atoms with van der Waals surface area (Å²) >= 11 is 0. The van der Waals surface area contributed by atoms with E-state index in [0.29, 0.717) is 19.4 Å². The van der Waals surface area contributed by atoms with Crippen LogP contribution in [0.1, 0.15) is 40.5 Å². The van der Waals surface area contributed by atoms with Gasteiger partial charge in [-0.2, -0.15) is 0 Å². The minimum atomic E-state index is -0.190. The van der Waals surface area contributed by atoms with Gasteiger partial charge in [-0.25, -0.2) is 5.01 Å². The maximum atomic E-state index is 11.7. The second-order valence-electron chi connectivity index (χ2n) is 5.03. The van der Waals surface area contributed by atoms with Gasteiger partial charge in [0.05, 0.1) is 5.54 Å². The molecule has 1 heterocycles. The molecule has 0 bridgehead atoms. The Kier molecular flexibility index (Phi) is 3.50. The number of hydrogen-bond acceptors (Lipinski definition) is 3. The Hall–Kier alpha value is -0.900. The molecule has 4 nitrogen and oxygen atoms in total. The van der Waals surface area contributed by atoms with Crippen molar-refractivity contribution in [3.63, 3.8) is 0 Å². The van der Waals surface area contributed by atoms with Crippen molar-refractivity contribution in [1.29, 1.82) is 0 Å². The van der Waals surface area contributed by atoms with Gasteiger partial charge in [0.2, 0.25) is 5.91 Å². The van der Waals surface area contributed by atoms with Crippen LogP contribution in [0.4, 0.5) is 0 Å². The van der Waals surface area contributed by atoms with E-state index in [2.05, 4.69) is 0 Å². The van der Waals surface area contributed by atoms with Crippen LogP contribution in [-0.2, 0) is 9.59 Å². The molecule has 0 spiro atoms. The van der Waals surface area contributed by atoms with Gasteiger partial charge in [0.15, 0.2) is 0 Å². The molecule has 0 aromatic heterocycles. The number of nitrogens with zero attached hydrogens (tertiary/aromatic N) is 2. The van der Waals surface area contributed by atoms with Crippen molar-refractivity contribution in [3.8, 4) is 0 Å². The van der Waals surface area contributed by atoms with Gasteiger partial charge in [0.25, 0.3) is 0 Å². The fraction of sp³-hybridized carbons (Fsp3) is 0.818. The first-order valence-corrected chi connectivity index (χ1v) is 5.40.